The molecule has 5 nitrogen and oxygen atoms in total. The number of carbonyl (C=O) groups excluding carboxylic acids is 2. The van der Waals surface area contributed by atoms with Crippen LogP contribution in [0.15, 0.2) is 28.9 Å². The van der Waals surface area contributed by atoms with E-state index in [1.165, 1.54) is 6.08 Å². The van der Waals surface area contributed by atoms with Crippen molar-refractivity contribution in [2.75, 3.05) is 11.6 Å². The monoisotopic (exact) mass is 308 g/mol. The second kappa shape index (κ2) is 6.39. The molecule has 1 aliphatic heterocycles. The molecule has 0 aromatic carbocycles. The van der Waals surface area contributed by atoms with Crippen molar-refractivity contribution < 1.29 is 14.0 Å². The Balaban J connectivity index is 2.01. The lowest BCUT2D eigenvalue weighted by atomic mass is 10.1. The second-order valence-electron chi connectivity index (χ2n) is 5.91. The van der Waals surface area contributed by atoms with Crippen LogP contribution in [0.25, 0.3) is 6.08 Å². The van der Waals surface area contributed by atoms with Crippen molar-refractivity contribution in [1.29, 1.82) is 0 Å². The van der Waals surface area contributed by atoms with E-state index < -0.39 is 6.04 Å². The summed E-state index contributed by atoms with van der Waals surface area (Å²) in [4.78, 5) is 26.1. The first-order valence-electron chi connectivity index (χ1n) is 6.79. The van der Waals surface area contributed by atoms with Crippen LogP contribution in [0.5, 0.6) is 0 Å². The molecule has 2 heterocycles. The summed E-state index contributed by atoms with van der Waals surface area (Å²) in [6, 6.07) is 3.12. The van der Waals surface area contributed by atoms with Gasteiger partial charge in [-0.1, -0.05) is 0 Å². The zero-order chi connectivity index (χ0) is 15.5. The highest BCUT2D eigenvalue weighted by molar-refractivity contribution is 7.99. The molecule has 0 aliphatic carbocycles. The summed E-state index contributed by atoms with van der Waals surface area (Å²) in [5.41, 5.74) is -0.303. The first-order chi connectivity index (χ1) is 9.87. The zero-order valence-corrected chi connectivity index (χ0v) is 13.3. The average molecular weight is 308 g/mol. The summed E-state index contributed by atoms with van der Waals surface area (Å²) in [6.07, 6.45) is 4.61. The minimum Gasteiger partial charge on any atom is -0.465 e. The number of amides is 2. The van der Waals surface area contributed by atoms with E-state index in [1.54, 1.807) is 41.1 Å². The molecule has 114 valence electrons. The Bertz CT molecular complexity index is 532. The lowest BCUT2D eigenvalue weighted by Crippen LogP contribution is -2.52. The molecule has 1 unspecified atom stereocenters. The molecular formula is C15H20N2O3S. The van der Waals surface area contributed by atoms with Crippen molar-refractivity contribution in [3.8, 4) is 0 Å². The summed E-state index contributed by atoms with van der Waals surface area (Å²) in [7, 11) is 0. The summed E-state index contributed by atoms with van der Waals surface area (Å²) < 4.78 is 5.14. The number of rotatable bonds is 3. The predicted molar refractivity (Wildman–Crippen MR) is 83.6 cm³/mol. The van der Waals surface area contributed by atoms with Crippen molar-refractivity contribution in [2.24, 2.45) is 0 Å². The summed E-state index contributed by atoms with van der Waals surface area (Å²) in [5.74, 6) is 1.50. The minimum absolute atomic E-state index is 0.104. The molecule has 1 saturated heterocycles. The molecule has 1 N–H and O–H groups in total. The van der Waals surface area contributed by atoms with Gasteiger partial charge in [0.05, 0.1) is 12.1 Å². The third kappa shape index (κ3) is 4.39. The number of nitrogens with zero attached hydrogens (tertiary/aromatic N) is 1. The SMILES string of the molecule is CC(C)(C)NC(=O)C1CSCN1C(=O)/C=C/c1ccco1. The Labute approximate surface area is 128 Å². The van der Waals surface area contributed by atoms with Gasteiger partial charge in [0.1, 0.15) is 11.8 Å². The van der Waals surface area contributed by atoms with Crippen LogP contribution >= 0.6 is 11.8 Å². The third-order valence-electron chi connectivity index (χ3n) is 2.90. The van der Waals surface area contributed by atoms with Gasteiger partial charge < -0.3 is 14.6 Å². The predicted octanol–water partition coefficient (Wildman–Crippen LogP) is 2.11. The molecule has 1 fully saturated rings. The topological polar surface area (TPSA) is 62.6 Å². The van der Waals surface area contributed by atoms with Gasteiger partial charge in [0, 0.05) is 17.4 Å². The van der Waals surface area contributed by atoms with Gasteiger partial charge in [0.2, 0.25) is 11.8 Å². The third-order valence-corrected chi connectivity index (χ3v) is 3.91. The van der Waals surface area contributed by atoms with Crippen LogP contribution < -0.4 is 5.32 Å². The molecule has 0 bridgehead atoms. The van der Waals surface area contributed by atoms with Crippen molar-refractivity contribution >= 4 is 29.7 Å². The molecule has 21 heavy (non-hydrogen) atoms. The zero-order valence-electron chi connectivity index (χ0n) is 12.5. The maximum atomic E-state index is 12.2. The van der Waals surface area contributed by atoms with E-state index >= 15 is 0 Å². The van der Waals surface area contributed by atoms with E-state index in [4.69, 9.17) is 4.42 Å². The van der Waals surface area contributed by atoms with Crippen LogP contribution in [-0.4, -0.2) is 39.9 Å². The first-order valence-corrected chi connectivity index (χ1v) is 7.94. The molecule has 1 atom stereocenters. The molecule has 1 aliphatic rings. The fraction of sp³-hybridized carbons (Fsp3) is 0.467. The van der Waals surface area contributed by atoms with Crippen LogP contribution in [0, 0.1) is 0 Å². The number of nitrogens with one attached hydrogen (secondary N) is 1. The summed E-state index contributed by atoms with van der Waals surface area (Å²) in [6.45, 7) is 5.78. The van der Waals surface area contributed by atoms with Crippen LogP contribution in [0.4, 0.5) is 0 Å². The molecule has 6 heteroatoms. The van der Waals surface area contributed by atoms with Crippen molar-refractivity contribution in [2.45, 2.75) is 32.4 Å². The Morgan fingerprint density at radius 2 is 2.24 bits per heavy atom. The van der Waals surface area contributed by atoms with Crippen molar-refractivity contribution in [3.63, 3.8) is 0 Å². The fourth-order valence-corrected chi connectivity index (χ4v) is 3.13. The molecule has 0 saturated carbocycles. The van der Waals surface area contributed by atoms with Gasteiger partial charge in [-0.25, -0.2) is 0 Å². The lowest BCUT2D eigenvalue weighted by Gasteiger charge is -2.27. The van der Waals surface area contributed by atoms with E-state index in [2.05, 4.69) is 5.32 Å². The average Bonchev–Trinajstić information content (AvgIpc) is 3.05. The van der Waals surface area contributed by atoms with Gasteiger partial charge in [-0.15, -0.1) is 11.8 Å². The smallest absolute Gasteiger partial charge is 0.248 e. The minimum atomic E-state index is -0.414. The van der Waals surface area contributed by atoms with Crippen LogP contribution in [0.3, 0.4) is 0 Å². The number of hydrogen-bond acceptors (Lipinski definition) is 4. The Kier molecular flexibility index (Phi) is 4.77. The maximum Gasteiger partial charge on any atom is 0.248 e. The van der Waals surface area contributed by atoms with E-state index in [0.29, 0.717) is 17.4 Å². The summed E-state index contributed by atoms with van der Waals surface area (Å²) in [5, 5.41) is 2.93. The lowest BCUT2D eigenvalue weighted by molar-refractivity contribution is -0.135. The first kappa shape index (κ1) is 15.7. The van der Waals surface area contributed by atoms with E-state index in [-0.39, 0.29) is 17.4 Å². The van der Waals surface area contributed by atoms with Crippen molar-refractivity contribution in [3.05, 3.63) is 30.2 Å². The highest BCUT2D eigenvalue weighted by atomic mass is 32.2. The highest BCUT2D eigenvalue weighted by Crippen LogP contribution is 2.22. The molecular weight excluding hydrogens is 288 g/mol. The van der Waals surface area contributed by atoms with Crippen molar-refractivity contribution in [1.82, 2.24) is 10.2 Å². The molecule has 2 rings (SSSR count). The van der Waals surface area contributed by atoms with Gasteiger partial charge in [-0.2, -0.15) is 0 Å². The Morgan fingerprint density at radius 3 is 2.86 bits per heavy atom. The van der Waals surface area contributed by atoms with E-state index in [9.17, 15) is 9.59 Å². The molecule has 1 aromatic rings. The van der Waals surface area contributed by atoms with Gasteiger partial charge in [-0.05, 0) is 39.0 Å². The van der Waals surface area contributed by atoms with Gasteiger partial charge in [0.25, 0.3) is 0 Å². The largest absolute Gasteiger partial charge is 0.465 e. The van der Waals surface area contributed by atoms with Gasteiger partial charge in [-0.3, -0.25) is 9.59 Å². The maximum absolute atomic E-state index is 12.2. The fourth-order valence-electron chi connectivity index (χ4n) is 1.97. The van der Waals surface area contributed by atoms with Crippen LogP contribution in [0.2, 0.25) is 0 Å². The van der Waals surface area contributed by atoms with Gasteiger partial charge in [0.15, 0.2) is 0 Å². The Hall–Kier alpha value is -1.69. The normalized spacial score (nSPS) is 19.2. The van der Waals surface area contributed by atoms with Crippen LogP contribution in [0.1, 0.15) is 26.5 Å². The Morgan fingerprint density at radius 1 is 1.48 bits per heavy atom. The van der Waals surface area contributed by atoms with E-state index in [1.807, 2.05) is 20.8 Å². The molecule has 0 spiro atoms. The second-order valence-corrected chi connectivity index (χ2v) is 6.91. The van der Waals surface area contributed by atoms with Gasteiger partial charge >= 0.3 is 0 Å². The quantitative estimate of drug-likeness (QED) is 0.869. The number of hydrogen-bond donors (Lipinski definition) is 1. The van der Waals surface area contributed by atoms with E-state index in [0.717, 1.165) is 0 Å². The molecule has 1 aromatic heterocycles. The highest BCUT2D eigenvalue weighted by Gasteiger charge is 2.34. The number of thioether (sulfide) groups is 1. The molecule has 0 radical (unpaired) electrons. The van der Waals surface area contributed by atoms with Crippen LogP contribution in [-0.2, 0) is 9.59 Å². The summed E-state index contributed by atoms with van der Waals surface area (Å²) >= 11 is 1.58. The standard InChI is InChI=1S/C15H20N2O3S/c1-15(2,3)16-14(19)12-9-21-10-17(12)13(18)7-6-11-5-4-8-20-11/h4-8,12H,9-10H2,1-3H3,(H,16,19)/b7-6+. The number of carbonyl (C=O) groups is 2. The number of furan rings is 1. The molecule has 2 amide bonds.